The Morgan fingerprint density at radius 3 is 2.42 bits per heavy atom. The van der Waals surface area contributed by atoms with Crippen LogP contribution in [0.2, 0.25) is 0 Å². The molecule has 1 N–H and O–H groups in total. The molecule has 3 aromatic heterocycles. The number of rotatable bonds is 6. The van der Waals surface area contributed by atoms with Gasteiger partial charge in [0, 0.05) is 29.5 Å². The summed E-state index contributed by atoms with van der Waals surface area (Å²) in [6, 6.07) is 20.7. The minimum atomic E-state index is -0.0990. The number of ether oxygens (including phenoxy) is 1. The van der Waals surface area contributed by atoms with Gasteiger partial charge in [0.1, 0.15) is 11.6 Å². The molecule has 38 heavy (non-hydrogen) atoms. The first-order chi connectivity index (χ1) is 18.5. The molecule has 0 bridgehead atoms. The Bertz CT molecular complexity index is 1430. The third-order valence-corrected chi connectivity index (χ3v) is 8.05. The molecular formula is C31H33N5OS. The van der Waals surface area contributed by atoms with Gasteiger partial charge >= 0.3 is 0 Å². The molecule has 194 valence electrons. The van der Waals surface area contributed by atoms with Crippen LogP contribution in [0.4, 0.5) is 5.69 Å². The molecule has 0 amide bonds. The summed E-state index contributed by atoms with van der Waals surface area (Å²) in [6.07, 6.45) is 8.87. The van der Waals surface area contributed by atoms with Gasteiger partial charge in [0.25, 0.3) is 0 Å². The predicted octanol–water partition coefficient (Wildman–Crippen LogP) is 6.69. The van der Waals surface area contributed by atoms with Gasteiger partial charge in [0.15, 0.2) is 5.11 Å². The molecule has 1 saturated carbocycles. The Labute approximate surface area is 229 Å². The lowest BCUT2D eigenvalue weighted by atomic mass is 9.96. The number of nitrogens with zero attached hydrogens (tertiary/aromatic N) is 4. The number of pyridine rings is 2. The molecular weight excluding hydrogens is 490 g/mol. The van der Waals surface area contributed by atoms with E-state index in [-0.39, 0.29) is 12.1 Å². The van der Waals surface area contributed by atoms with Gasteiger partial charge in [-0.2, -0.15) is 0 Å². The first-order valence-electron chi connectivity index (χ1n) is 13.4. The van der Waals surface area contributed by atoms with Crippen molar-refractivity contribution in [2.45, 2.75) is 64.6 Å². The van der Waals surface area contributed by atoms with Crippen LogP contribution in [0.1, 0.15) is 66.0 Å². The van der Waals surface area contributed by atoms with Crippen molar-refractivity contribution in [1.29, 1.82) is 0 Å². The Morgan fingerprint density at radius 1 is 0.947 bits per heavy atom. The van der Waals surface area contributed by atoms with E-state index in [9.17, 15) is 0 Å². The van der Waals surface area contributed by atoms with E-state index in [1.165, 1.54) is 18.4 Å². The van der Waals surface area contributed by atoms with Crippen molar-refractivity contribution in [3.05, 3.63) is 101 Å². The van der Waals surface area contributed by atoms with E-state index in [1.807, 2.05) is 24.5 Å². The molecule has 6 nitrogen and oxygen atoms in total. The molecule has 1 aliphatic carbocycles. The number of hydrogen-bond donors (Lipinski definition) is 1. The van der Waals surface area contributed by atoms with E-state index >= 15 is 0 Å². The molecule has 4 aromatic rings. The fourth-order valence-corrected chi connectivity index (χ4v) is 6.21. The minimum absolute atomic E-state index is 0.0793. The first-order valence-corrected chi connectivity index (χ1v) is 13.8. The van der Waals surface area contributed by atoms with Gasteiger partial charge in [-0.25, -0.2) is 4.98 Å². The second kappa shape index (κ2) is 10.2. The summed E-state index contributed by atoms with van der Waals surface area (Å²) in [5.74, 6) is 1.83. The molecule has 1 saturated heterocycles. The number of thiocarbonyl (C=S) groups is 1. The van der Waals surface area contributed by atoms with Crippen LogP contribution in [0.5, 0.6) is 5.75 Å². The molecule has 0 spiro atoms. The van der Waals surface area contributed by atoms with Gasteiger partial charge < -0.3 is 19.5 Å². The van der Waals surface area contributed by atoms with Crippen LogP contribution >= 0.6 is 12.2 Å². The zero-order chi connectivity index (χ0) is 26.2. The average Bonchev–Trinajstić information content (AvgIpc) is 3.64. The third kappa shape index (κ3) is 4.56. The molecule has 0 unspecified atom stereocenters. The minimum Gasteiger partial charge on any atom is -0.490 e. The number of hydrogen-bond acceptors (Lipinski definition) is 4. The fraction of sp³-hybridized carbons (Fsp3) is 0.323. The Morgan fingerprint density at radius 2 is 1.74 bits per heavy atom. The van der Waals surface area contributed by atoms with E-state index in [0.717, 1.165) is 52.7 Å². The topological polar surface area (TPSA) is 55.2 Å². The average molecular weight is 524 g/mol. The van der Waals surface area contributed by atoms with E-state index in [0.29, 0.717) is 11.2 Å². The highest BCUT2D eigenvalue weighted by atomic mass is 32.1. The summed E-state index contributed by atoms with van der Waals surface area (Å²) in [4.78, 5) is 11.6. The number of aryl methyl sites for hydroxylation is 2. The number of nitrogens with one attached hydrogen (secondary N) is 1. The normalized spacial score (nSPS) is 19.7. The van der Waals surface area contributed by atoms with Crippen LogP contribution in [-0.2, 0) is 0 Å². The molecule has 2 fully saturated rings. The fourth-order valence-electron chi connectivity index (χ4n) is 5.86. The van der Waals surface area contributed by atoms with Crippen molar-refractivity contribution in [1.82, 2.24) is 19.9 Å². The third-order valence-electron chi connectivity index (χ3n) is 7.73. The van der Waals surface area contributed by atoms with Gasteiger partial charge in [0.05, 0.1) is 23.9 Å². The van der Waals surface area contributed by atoms with E-state index < -0.39 is 0 Å². The van der Waals surface area contributed by atoms with E-state index in [2.05, 4.69) is 84.1 Å². The summed E-state index contributed by atoms with van der Waals surface area (Å²) in [6.45, 7) is 6.35. The van der Waals surface area contributed by atoms with E-state index in [1.54, 1.807) is 0 Å². The summed E-state index contributed by atoms with van der Waals surface area (Å²) in [7, 11) is 0. The predicted molar refractivity (Wildman–Crippen MR) is 155 cm³/mol. The molecule has 4 heterocycles. The molecule has 2 aliphatic rings. The number of anilines is 1. The van der Waals surface area contributed by atoms with Gasteiger partial charge in [-0.05, 0) is 118 Å². The maximum Gasteiger partial charge on any atom is 0.174 e. The Balaban J connectivity index is 1.41. The second-order valence-electron chi connectivity index (χ2n) is 10.4. The van der Waals surface area contributed by atoms with Crippen molar-refractivity contribution >= 4 is 23.0 Å². The maximum absolute atomic E-state index is 6.23. The molecule has 1 aliphatic heterocycles. The Kier molecular flexibility index (Phi) is 6.62. The van der Waals surface area contributed by atoms with Crippen LogP contribution < -0.4 is 15.0 Å². The highest BCUT2D eigenvalue weighted by molar-refractivity contribution is 7.80. The van der Waals surface area contributed by atoms with Gasteiger partial charge in [-0.1, -0.05) is 12.1 Å². The summed E-state index contributed by atoms with van der Waals surface area (Å²) in [5.41, 5.74) is 6.60. The summed E-state index contributed by atoms with van der Waals surface area (Å²) >= 11 is 5.95. The van der Waals surface area contributed by atoms with Crippen molar-refractivity contribution < 1.29 is 4.74 Å². The van der Waals surface area contributed by atoms with Crippen LogP contribution in [-0.4, -0.2) is 25.8 Å². The quantitative estimate of drug-likeness (QED) is 0.284. The summed E-state index contributed by atoms with van der Waals surface area (Å²) < 4.78 is 8.45. The monoisotopic (exact) mass is 523 g/mol. The van der Waals surface area contributed by atoms with Crippen LogP contribution in [0.25, 0.3) is 5.82 Å². The van der Waals surface area contributed by atoms with Gasteiger partial charge in [0.2, 0.25) is 0 Å². The van der Waals surface area contributed by atoms with Crippen molar-refractivity contribution in [2.24, 2.45) is 0 Å². The second-order valence-corrected chi connectivity index (χ2v) is 10.8. The smallest absolute Gasteiger partial charge is 0.174 e. The molecule has 2 atom stereocenters. The van der Waals surface area contributed by atoms with Crippen LogP contribution in [0.15, 0.2) is 73.1 Å². The van der Waals surface area contributed by atoms with Crippen LogP contribution in [0, 0.1) is 20.8 Å². The lowest BCUT2D eigenvalue weighted by Gasteiger charge is -2.28. The van der Waals surface area contributed by atoms with E-state index in [4.69, 9.17) is 26.9 Å². The molecule has 1 aromatic carbocycles. The highest BCUT2D eigenvalue weighted by Gasteiger charge is 2.42. The largest absolute Gasteiger partial charge is 0.490 e. The van der Waals surface area contributed by atoms with Gasteiger partial charge in [-0.15, -0.1) is 0 Å². The highest BCUT2D eigenvalue weighted by Crippen LogP contribution is 2.44. The van der Waals surface area contributed by atoms with Crippen molar-refractivity contribution in [2.75, 3.05) is 4.90 Å². The summed E-state index contributed by atoms with van der Waals surface area (Å²) in [5, 5.41) is 4.27. The molecule has 0 radical (unpaired) electrons. The van der Waals surface area contributed by atoms with Crippen molar-refractivity contribution in [3.63, 3.8) is 0 Å². The number of aromatic nitrogens is 3. The zero-order valence-corrected chi connectivity index (χ0v) is 22.9. The molecule has 6 rings (SSSR count). The molecule has 7 heteroatoms. The standard InChI is InChI=1S/C31H33N5OS/c1-20-11-16-28(33-19-20)35-21(2)18-26(22(35)3)30-29(27-10-6-7-17-32-27)34-31(38)36(30)23-12-14-25(15-13-23)37-24-8-4-5-9-24/h6-7,10-19,24,29-30H,4-5,8-9H2,1-3H3,(H,34,38)/t29-,30+/m0/s1. The SMILES string of the molecule is Cc1ccc(-n2c(C)cc([C@@H]3[C@H](c4ccccn4)NC(=S)N3c3ccc(OC4CCCC4)cc3)c2C)nc1. The number of benzene rings is 1. The maximum atomic E-state index is 6.23. The first kappa shape index (κ1) is 24.6. The van der Waals surface area contributed by atoms with Crippen LogP contribution in [0.3, 0.4) is 0 Å². The lowest BCUT2D eigenvalue weighted by molar-refractivity contribution is 0.210. The lowest BCUT2D eigenvalue weighted by Crippen LogP contribution is -2.29. The Hall–Kier alpha value is -3.71. The van der Waals surface area contributed by atoms with Gasteiger partial charge in [-0.3, -0.25) is 4.98 Å². The van der Waals surface area contributed by atoms with Crippen molar-refractivity contribution in [3.8, 4) is 11.6 Å². The zero-order valence-electron chi connectivity index (χ0n) is 22.1.